The Balaban J connectivity index is 1.67. The minimum absolute atomic E-state index is 0.306. The standard InChI is InChI=1S/C22H21ClFN5O2/c1-25-9-15(10-26-14-30)12-28-4-5-31-22-17(13-28)7-19(8-20(22)23)29-21-3-2-18(24)6-16(21)11-27-29/h2-3,6-11,14H,4-5,12-13H2,1H3,(H,26,30)/b15-10+,25-9?. The van der Waals surface area contributed by atoms with E-state index in [2.05, 4.69) is 20.3 Å². The van der Waals surface area contributed by atoms with Crippen LogP contribution >= 0.6 is 11.6 Å². The normalized spacial score (nSPS) is 15.0. The molecular weight excluding hydrogens is 421 g/mol. The second kappa shape index (κ2) is 9.28. The van der Waals surface area contributed by atoms with Gasteiger partial charge >= 0.3 is 0 Å². The molecule has 1 N–H and O–H groups in total. The number of ether oxygens (including phenoxy) is 1. The maximum absolute atomic E-state index is 13.5. The Bertz CT molecular complexity index is 1170. The summed E-state index contributed by atoms with van der Waals surface area (Å²) in [6, 6.07) is 8.34. The van der Waals surface area contributed by atoms with Gasteiger partial charge in [-0.15, -0.1) is 0 Å². The van der Waals surface area contributed by atoms with Gasteiger partial charge in [-0.05, 0) is 30.3 Å². The maximum Gasteiger partial charge on any atom is 0.211 e. The van der Waals surface area contributed by atoms with Crippen molar-refractivity contribution in [3.63, 3.8) is 0 Å². The number of rotatable bonds is 6. The van der Waals surface area contributed by atoms with Gasteiger partial charge in [-0.25, -0.2) is 9.07 Å². The lowest BCUT2D eigenvalue weighted by molar-refractivity contribution is -0.108. The molecule has 0 fully saturated rings. The van der Waals surface area contributed by atoms with E-state index in [9.17, 15) is 9.18 Å². The smallest absolute Gasteiger partial charge is 0.211 e. The van der Waals surface area contributed by atoms with E-state index in [0.717, 1.165) is 22.3 Å². The van der Waals surface area contributed by atoms with Crippen LogP contribution in [0.25, 0.3) is 16.6 Å². The number of aliphatic imine (C=N–C) groups is 1. The number of benzene rings is 2. The van der Waals surface area contributed by atoms with Crippen molar-refractivity contribution in [2.24, 2.45) is 4.99 Å². The first-order valence-electron chi connectivity index (χ1n) is 9.71. The lowest BCUT2D eigenvalue weighted by atomic mass is 10.1. The quantitative estimate of drug-likeness (QED) is 0.470. The molecule has 0 aliphatic carbocycles. The molecule has 0 unspecified atom stereocenters. The summed E-state index contributed by atoms with van der Waals surface area (Å²) in [6.07, 6.45) is 5.59. The summed E-state index contributed by atoms with van der Waals surface area (Å²) >= 11 is 6.56. The summed E-state index contributed by atoms with van der Waals surface area (Å²) in [5.41, 5.74) is 3.33. The molecule has 0 saturated carbocycles. The Kier molecular flexibility index (Phi) is 6.29. The van der Waals surface area contributed by atoms with E-state index in [1.54, 1.807) is 42.5 Å². The highest BCUT2D eigenvalue weighted by Crippen LogP contribution is 2.35. The summed E-state index contributed by atoms with van der Waals surface area (Å²) in [5, 5.41) is 8.18. The van der Waals surface area contributed by atoms with Crippen LogP contribution in [0.3, 0.4) is 0 Å². The fourth-order valence-corrected chi connectivity index (χ4v) is 3.95. The summed E-state index contributed by atoms with van der Waals surface area (Å²) < 4.78 is 21.2. The van der Waals surface area contributed by atoms with Crippen LogP contribution in [0.2, 0.25) is 5.02 Å². The van der Waals surface area contributed by atoms with Crippen LogP contribution in [0.1, 0.15) is 5.56 Å². The molecule has 4 rings (SSSR count). The molecule has 1 aromatic heterocycles. The van der Waals surface area contributed by atoms with Crippen molar-refractivity contribution >= 4 is 35.1 Å². The van der Waals surface area contributed by atoms with Gasteiger partial charge in [-0.1, -0.05) is 11.6 Å². The van der Waals surface area contributed by atoms with E-state index >= 15 is 0 Å². The molecular formula is C22H21ClFN5O2. The maximum atomic E-state index is 13.5. The third kappa shape index (κ3) is 4.60. The molecule has 9 heteroatoms. The van der Waals surface area contributed by atoms with E-state index in [0.29, 0.717) is 48.8 Å². The van der Waals surface area contributed by atoms with E-state index in [4.69, 9.17) is 16.3 Å². The topological polar surface area (TPSA) is 71.8 Å². The Morgan fingerprint density at radius 1 is 1.39 bits per heavy atom. The van der Waals surface area contributed by atoms with Crippen LogP contribution in [0.5, 0.6) is 5.75 Å². The number of carbonyl (C=O) groups excluding carboxylic acids is 1. The van der Waals surface area contributed by atoms with Crippen molar-refractivity contribution in [3.05, 3.63) is 64.7 Å². The molecule has 0 spiro atoms. The lowest BCUT2D eigenvalue weighted by Gasteiger charge is -2.20. The van der Waals surface area contributed by atoms with Crippen LogP contribution in [0.15, 0.2) is 53.3 Å². The number of amides is 1. The van der Waals surface area contributed by atoms with Crippen molar-refractivity contribution in [1.29, 1.82) is 0 Å². The zero-order chi connectivity index (χ0) is 21.8. The van der Waals surface area contributed by atoms with Gasteiger partial charge in [-0.2, -0.15) is 5.10 Å². The van der Waals surface area contributed by atoms with E-state index in [1.807, 2.05) is 6.07 Å². The van der Waals surface area contributed by atoms with Crippen LogP contribution in [-0.4, -0.2) is 54.0 Å². The number of nitrogens with one attached hydrogen (secondary N) is 1. The van der Waals surface area contributed by atoms with Crippen LogP contribution in [-0.2, 0) is 11.3 Å². The van der Waals surface area contributed by atoms with Crippen molar-refractivity contribution in [3.8, 4) is 11.4 Å². The molecule has 0 radical (unpaired) electrons. The molecule has 31 heavy (non-hydrogen) atoms. The fourth-order valence-electron chi connectivity index (χ4n) is 3.67. The molecule has 3 aromatic rings. The van der Waals surface area contributed by atoms with Gasteiger partial charge in [0.1, 0.15) is 18.2 Å². The average Bonchev–Trinajstić information content (AvgIpc) is 3.05. The zero-order valence-corrected chi connectivity index (χ0v) is 17.6. The molecule has 160 valence electrons. The van der Waals surface area contributed by atoms with Crippen LogP contribution in [0.4, 0.5) is 4.39 Å². The molecule has 1 aliphatic heterocycles. The lowest BCUT2D eigenvalue weighted by Crippen LogP contribution is -2.28. The minimum atomic E-state index is -0.306. The summed E-state index contributed by atoms with van der Waals surface area (Å²) in [4.78, 5) is 16.9. The summed E-state index contributed by atoms with van der Waals surface area (Å²) in [5.74, 6) is 0.343. The monoisotopic (exact) mass is 441 g/mol. The minimum Gasteiger partial charge on any atom is -0.490 e. The van der Waals surface area contributed by atoms with Gasteiger partial charge in [-0.3, -0.25) is 14.7 Å². The first-order chi connectivity index (χ1) is 15.1. The van der Waals surface area contributed by atoms with E-state index in [1.165, 1.54) is 12.1 Å². The van der Waals surface area contributed by atoms with Gasteiger partial charge < -0.3 is 10.1 Å². The van der Waals surface area contributed by atoms with Crippen LogP contribution < -0.4 is 10.1 Å². The molecule has 2 heterocycles. The van der Waals surface area contributed by atoms with Gasteiger partial charge in [0.25, 0.3) is 0 Å². The van der Waals surface area contributed by atoms with Crippen molar-refractivity contribution in [2.75, 3.05) is 26.7 Å². The SMILES string of the molecule is CN=C/C(=C\NC=O)CN1CCOc2c(Cl)cc(-n3ncc4cc(F)ccc43)cc2C1. The summed E-state index contributed by atoms with van der Waals surface area (Å²) in [6.45, 7) is 2.33. The first-order valence-corrected chi connectivity index (χ1v) is 10.1. The molecule has 1 aliphatic rings. The molecule has 1 amide bonds. The van der Waals surface area contributed by atoms with Crippen molar-refractivity contribution in [2.45, 2.75) is 6.54 Å². The highest BCUT2D eigenvalue weighted by molar-refractivity contribution is 6.32. The third-order valence-electron chi connectivity index (χ3n) is 4.97. The number of aromatic nitrogens is 2. The average molecular weight is 442 g/mol. The van der Waals surface area contributed by atoms with Gasteiger partial charge in [0.2, 0.25) is 6.41 Å². The Hall–Kier alpha value is -3.23. The highest BCUT2D eigenvalue weighted by Gasteiger charge is 2.20. The highest BCUT2D eigenvalue weighted by atomic mass is 35.5. The number of hydrogen-bond acceptors (Lipinski definition) is 5. The van der Waals surface area contributed by atoms with Crippen molar-refractivity contribution < 1.29 is 13.9 Å². The molecule has 0 atom stereocenters. The van der Waals surface area contributed by atoms with E-state index < -0.39 is 0 Å². The summed E-state index contributed by atoms with van der Waals surface area (Å²) in [7, 11) is 1.68. The fraction of sp³-hybridized carbons (Fsp3) is 0.227. The number of halogens is 2. The number of fused-ring (bicyclic) bond motifs is 2. The number of hydrogen-bond donors (Lipinski definition) is 1. The predicted molar refractivity (Wildman–Crippen MR) is 119 cm³/mol. The third-order valence-corrected chi connectivity index (χ3v) is 5.25. The Morgan fingerprint density at radius 3 is 3.06 bits per heavy atom. The number of nitrogens with zero attached hydrogens (tertiary/aromatic N) is 4. The Morgan fingerprint density at radius 2 is 2.26 bits per heavy atom. The second-order valence-electron chi connectivity index (χ2n) is 7.13. The van der Waals surface area contributed by atoms with Crippen molar-refractivity contribution in [1.82, 2.24) is 20.0 Å². The largest absolute Gasteiger partial charge is 0.490 e. The second-order valence-corrected chi connectivity index (χ2v) is 7.53. The van der Waals surface area contributed by atoms with Gasteiger partial charge in [0.15, 0.2) is 0 Å². The zero-order valence-electron chi connectivity index (χ0n) is 16.9. The van der Waals surface area contributed by atoms with E-state index in [-0.39, 0.29) is 5.82 Å². The Labute approximate surface area is 183 Å². The molecule has 2 aromatic carbocycles. The molecule has 0 bridgehead atoms. The number of carbonyl (C=O) groups is 1. The molecule has 0 saturated heterocycles. The van der Waals surface area contributed by atoms with Gasteiger partial charge in [0, 0.05) is 55.6 Å². The predicted octanol–water partition coefficient (Wildman–Crippen LogP) is 3.34. The first kappa shape index (κ1) is 21.0. The van der Waals surface area contributed by atoms with Crippen LogP contribution in [0, 0.1) is 5.82 Å². The van der Waals surface area contributed by atoms with Gasteiger partial charge in [0.05, 0.1) is 22.4 Å². The molecule has 7 nitrogen and oxygen atoms in total.